The first kappa shape index (κ1) is 8.23. The summed E-state index contributed by atoms with van der Waals surface area (Å²) in [6, 6.07) is 4.05. The highest BCUT2D eigenvalue weighted by atomic mass is 16.1. The van der Waals surface area contributed by atoms with E-state index in [1.54, 1.807) is 18.3 Å². The Hall–Kier alpha value is -1.38. The van der Waals surface area contributed by atoms with Crippen molar-refractivity contribution in [2.24, 2.45) is 0 Å². The monoisotopic (exact) mass is 176 g/mol. The van der Waals surface area contributed by atoms with Crippen molar-refractivity contribution in [3.8, 4) is 0 Å². The molecule has 1 saturated carbocycles. The summed E-state index contributed by atoms with van der Waals surface area (Å²) in [5.41, 5.74) is 0.678. The minimum atomic E-state index is 0.564. The minimum absolute atomic E-state index is 0.564. The summed E-state index contributed by atoms with van der Waals surface area (Å²) in [6.07, 6.45) is 6.23. The van der Waals surface area contributed by atoms with Crippen molar-refractivity contribution in [1.29, 1.82) is 0 Å². The Labute approximate surface area is 77.2 Å². The molecule has 13 heavy (non-hydrogen) atoms. The van der Waals surface area contributed by atoms with Crippen LogP contribution in [-0.2, 0) is 0 Å². The first-order chi connectivity index (χ1) is 6.38. The van der Waals surface area contributed by atoms with Gasteiger partial charge in [0.2, 0.25) is 0 Å². The molecule has 0 saturated heterocycles. The molecule has 1 fully saturated rings. The molecule has 68 valence electrons. The lowest BCUT2D eigenvalue weighted by atomic mass is 9.93. The lowest BCUT2D eigenvalue weighted by Gasteiger charge is -2.26. The van der Waals surface area contributed by atoms with Crippen LogP contribution in [0.5, 0.6) is 0 Å². The van der Waals surface area contributed by atoms with Crippen LogP contribution in [0.4, 0.5) is 5.82 Å². The van der Waals surface area contributed by atoms with E-state index in [2.05, 4.69) is 10.3 Å². The van der Waals surface area contributed by atoms with Gasteiger partial charge in [-0.25, -0.2) is 4.98 Å². The van der Waals surface area contributed by atoms with Crippen LogP contribution in [0.3, 0.4) is 0 Å². The summed E-state index contributed by atoms with van der Waals surface area (Å²) in [4.78, 5) is 14.6. The average Bonchev–Trinajstić information content (AvgIpc) is 2.12. The van der Waals surface area contributed by atoms with E-state index in [4.69, 9.17) is 0 Å². The van der Waals surface area contributed by atoms with Gasteiger partial charge in [-0.15, -0.1) is 0 Å². The molecule has 1 aliphatic rings. The highest BCUT2D eigenvalue weighted by Crippen LogP contribution is 2.22. The first-order valence-electron chi connectivity index (χ1n) is 4.56. The quantitative estimate of drug-likeness (QED) is 0.715. The summed E-state index contributed by atoms with van der Waals surface area (Å²) in [5.74, 6) is 0.814. The summed E-state index contributed by atoms with van der Waals surface area (Å²) in [5, 5.41) is 3.28. The summed E-state index contributed by atoms with van der Waals surface area (Å²) >= 11 is 0. The molecule has 3 nitrogen and oxygen atoms in total. The number of anilines is 1. The molecule has 0 spiro atoms. The number of rotatable bonds is 3. The Balaban J connectivity index is 2.05. The van der Waals surface area contributed by atoms with Crippen molar-refractivity contribution in [2.75, 3.05) is 5.32 Å². The number of nitrogens with one attached hydrogen (secondary N) is 1. The van der Waals surface area contributed by atoms with E-state index in [1.165, 1.54) is 19.3 Å². The lowest BCUT2D eigenvalue weighted by molar-refractivity contribution is 0.112. The number of aldehydes is 1. The molecule has 0 amide bonds. The van der Waals surface area contributed by atoms with Gasteiger partial charge < -0.3 is 5.32 Å². The second kappa shape index (κ2) is 3.56. The summed E-state index contributed by atoms with van der Waals surface area (Å²) in [6.45, 7) is 0. The van der Waals surface area contributed by atoms with Gasteiger partial charge in [0.1, 0.15) is 12.1 Å². The lowest BCUT2D eigenvalue weighted by Crippen LogP contribution is -2.27. The van der Waals surface area contributed by atoms with Gasteiger partial charge in [-0.2, -0.15) is 0 Å². The Kier molecular flexibility index (Phi) is 2.25. The molecule has 2 rings (SSSR count). The minimum Gasteiger partial charge on any atom is -0.367 e. The number of pyridine rings is 1. The molecule has 0 aromatic carbocycles. The smallest absolute Gasteiger partial charge is 0.150 e. The standard InChI is InChI=1S/C10H12N2O/c13-7-8-4-5-11-10(6-8)12-9-2-1-3-9/h4-7,9H,1-3H2,(H,11,12). The second-order valence-corrected chi connectivity index (χ2v) is 3.36. The fraction of sp³-hybridized carbons (Fsp3) is 0.400. The molecule has 1 aromatic heterocycles. The Morgan fingerprint density at radius 1 is 1.54 bits per heavy atom. The van der Waals surface area contributed by atoms with Gasteiger partial charge in [0.05, 0.1) is 0 Å². The molecular weight excluding hydrogens is 164 g/mol. The molecule has 1 aliphatic carbocycles. The van der Waals surface area contributed by atoms with Crippen LogP contribution < -0.4 is 5.32 Å². The van der Waals surface area contributed by atoms with Gasteiger partial charge in [0.15, 0.2) is 0 Å². The highest BCUT2D eigenvalue weighted by Gasteiger charge is 2.16. The number of carbonyl (C=O) groups is 1. The highest BCUT2D eigenvalue weighted by molar-refractivity contribution is 5.75. The number of nitrogens with zero attached hydrogens (tertiary/aromatic N) is 1. The van der Waals surface area contributed by atoms with Gasteiger partial charge in [-0.05, 0) is 31.4 Å². The molecule has 3 heteroatoms. The van der Waals surface area contributed by atoms with Crippen molar-refractivity contribution >= 4 is 12.1 Å². The molecule has 1 heterocycles. The zero-order chi connectivity index (χ0) is 9.10. The van der Waals surface area contributed by atoms with Crippen LogP contribution in [0.25, 0.3) is 0 Å². The molecule has 0 aliphatic heterocycles. The number of hydrogen-bond donors (Lipinski definition) is 1. The van der Waals surface area contributed by atoms with Crippen molar-refractivity contribution < 1.29 is 4.79 Å². The van der Waals surface area contributed by atoms with Crippen LogP contribution in [0.2, 0.25) is 0 Å². The van der Waals surface area contributed by atoms with Crippen molar-refractivity contribution in [3.63, 3.8) is 0 Å². The maximum atomic E-state index is 10.5. The Bertz CT molecular complexity index is 308. The van der Waals surface area contributed by atoms with Gasteiger partial charge in [0.25, 0.3) is 0 Å². The Morgan fingerprint density at radius 3 is 3.00 bits per heavy atom. The third-order valence-corrected chi connectivity index (χ3v) is 2.38. The second-order valence-electron chi connectivity index (χ2n) is 3.36. The molecule has 0 radical (unpaired) electrons. The molecule has 1 N–H and O–H groups in total. The fourth-order valence-electron chi connectivity index (χ4n) is 1.36. The van der Waals surface area contributed by atoms with E-state index in [0.29, 0.717) is 11.6 Å². The third-order valence-electron chi connectivity index (χ3n) is 2.38. The van der Waals surface area contributed by atoms with Crippen molar-refractivity contribution in [3.05, 3.63) is 23.9 Å². The average molecular weight is 176 g/mol. The molecule has 0 unspecified atom stereocenters. The topological polar surface area (TPSA) is 42.0 Å². The van der Waals surface area contributed by atoms with Crippen LogP contribution >= 0.6 is 0 Å². The molecular formula is C10H12N2O. The van der Waals surface area contributed by atoms with Crippen LogP contribution in [0, 0.1) is 0 Å². The van der Waals surface area contributed by atoms with Gasteiger partial charge in [-0.1, -0.05) is 0 Å². The van der Waals surface area contributed by atoms with Gasteiger partial charge in [0, 0.05) is 17.8 Å². The van der Waals surface area contributed by atoms with Crippen molar-refractivity contribution in [1.82, 2.24) is 4.98 Å². The fourth-order valence-corrected chi connectivity index (χ4v) is 1.36. The first-order valence-corrected chi connectivity index (χ1v) is 4.56. The van der Waals surface area contributed by atoms with E-state index in [-0.39, 0.29) is 0 Å². The van der Waals surface area contributed by atoms with Crippen LogP contribution in [0.15, 0.2) is 18.3 Å². The number of aromatic nitrogens is 1. The maximum absolute atomic E-state index is 10.5. The van der Waals surface area contributed by atoms with Crippen LogP contribution in [-0.4, -0.2) is 17.3 Å². The van der Waals surface area contributed by atoms with E-state index in [1.807, 2.05) is 0 Å². The summed E-state index contributed by atoms with van der Waals surface area (Å²) in [7, 11) is 0. The summed E-state index contributed by atoms with van der Waals surface area (Å²) < 4.78 is 0. The van der Waals surface area contributed by atoms with E-state index in [9.17, 15) is 4.79 Å². The van der Waals surface area contributed by atoms with Crippen LogP contribution in [0.1, 0.15) is 29.6 Å². The third kappa shape index (κ3) is 1.86. The van der Waals surface area contributed by atoms with E-state index < -0.39 is 0 Å². The maximum Gasteiger partial charge on any atom is 0.150 e. The van der Waals surface area contributed by atoms with Gasteiger partial charge in [-0.3, -0.25) is 4.79 Å². The molecule has 0 bridgehead atoms. The largest absolute Gasteiger partial charge is 0.367 e. The molecule has 0 atom stereocenters. The zero-order valence-corrected chi connectivity index (χ0v) is 7.36. The zero-order valence-electron chi connectivity index (χ0n) is 7.36. The normalized spacial score (nSPS) is 16.3. The van der Waals surface area contributed by atoms with Crippen molar-refractivity contribution in [2.45, 2.75) is 25.3 Å². The number of carbonyl (C=O) groups excluding carboxylic acids is 1. The predicted molar refractivity (Wildman–Crippen MR) is 50.9 cm³/mol. The SMILES string of the molecule is O=Cc1ccnc(NC2CCC2)c1. The van der Waals surface area contributed by atoms with Gasteiger partial charge >= 0.3 is 0 Å². The molecule has 1 aromatic rings. The predicted octanol–water partition coefficient (Wildman–Crippen LogP) is 1.86. The van der Waals surface area contributed by atoms with E-state index >= 15 is 0 Å². The van der Waals surface area contributed by atoms with E-state index in [0.717, 1.165) is 12.1 Å². The number of hydrogen-bond acceptors (Lipinski definition) is 3. The Morgan fingerprint density at radius 2 is 2.38 bits per heavy atom.